The van der Waals surface area contributed by atoms with Crippen LogP contribution < -0.4 is 15.6 Å². The summed E-state index contributed by atoms with van der Waals surface area (Å²) < 4.78 is 58.9. The number of hydrogen-bond acceptors (Lipinski definition) is 5. The lowest BCUT2D eigenvalue weighted by Gasteiger charge is -2.20. The number of pyridine rings is 1. The molecule has 164 valence electrons. The highest BCUT2D eigenvalue weighted by molar-refractivity contribution is 5.88. The van der Waals surface area contributed by atoms with Crippen molar-refractivity contribution in [3.63, 3.8) is 0 Å². The maximum absolute atomic E-state index is 14.7. The highest BCUT2D eigenvalue weighted by atomic mass is 19.3. The van der Waals surface area contributed by atoms with Crippen LogP contribution in [0.1, 0.15) is 37.2 Å². The van der Waals surface area contributed by atoms with Gasteiger partial charge in [0.15, 0.2) is 11.6 Å². The summed E-state index contributed by atoms with van der Waals surface area (Å²) in [6, 6.07) is 4.61. The molecule has 1 aliphatic rings. The van der Waals surface area contributed by atoms with Gasteiger partial charge in [-0.2, -0.15) is 8.78 Å². The summed E-state index contributed by atoms with van der Waals surface area (Å²) in [6.45, 7) is -0.536. The predicted molar refractivity (Wildman–Crippen MR) is 107 cm³/mol. The van der Waals surface area contributed by atoms with E-state index in [2.05, 4.69) is 20.0 Å². The van der Waals surface area contributed by atoms with E-state index < -0.39 is 36.4 Å². The second-order valence-corrected chi connectivity index (χ2v) is 7.66. The quantitative estimate of drug-likeness (QED) is 0.554. The van der Waals surface area contributed by atoms with Gasteiger partial charge in [-0.1, -0.05) is 12.1 Å². The molecule has 1 fully saturated rings. The van der Waals surface area contributed by atoms with Gasteiger partial charge in [0.25, 0.3) is 5.56 Å². The summed E-state index contributed by atoms with van der Waals surface area (Å²) in [5, 5.41) is 3.53. The van der Waals surface area contributed by atoms with E-state index in [-0.39, 0.29) is 11.1 Å². The number of anilines is 1. The van der Waals surface area contributed by atoms with E-state index in [1.54, 1.807) is 13.8 Å². The van der Waals surface area contributed by atoms with Crippen LogP contribution in [-0.4, -0.2) is 27.8 Å². The number of nitrogens with zero attached hydrogens (tertiary/aromatic N) is 3. The Labute approximate surface area is 174 Å². The number of aryl methyl sites for hydroxylation is 1. The molecule has 2 heterocycles. The van der Waals surface area contributed by atoms with E-state index in [0.717, 1.165) is 6.07 Å². The average Bonchev–Trinajstić information content (AvgIpc) is 3.49. The summed E-state index contributed by atoms with van der Waals surface area (Å²) in [5.74, 6) is -0.777. The van der Waals surface area contributed by atoms with Crippen LogP contribution in [0.25, 0.3) is 10.9 Å². The zero-order valence-corrected chi connectivity index (χ0v) is 16.8. The van der Waals surface area contributed by atoms with Crippen molar-refractivity contribution >= 4 is 16.7 Å². The molecule has 10 heteroatoms. The normalized spacial score (nSPS) is 15.8. The third-order valence-corrected chi connectivity index (χ3v) is 5.46. The number of benzene rings is 1. The number of nitrogens with one attached hydrogen (secondary N) is 1. The van der Waals surface area contributed by atoms with Gasteiger partial charge in [-0.25, -0.2) is 18.7 Å². The smallest absolute Gasteiger partial charge is 0.387 e. The lowest BCUT2D eigenvalue weighted by Crippen LogP contribution is -2.31. The lowest BCUT2D eigenvalue weighted by molar-refractivity contribution is -0.0522. The summed E-state index contributed by atoms with van der Waals surface area (Å²) in [4.78, 5) is 21.1. The molecule has 3 aromatic rings. The fourth-order valence-corrected chi connectivity index (χ4v) is 3.62. The van der Waals surface area contributed by atoms with E-state index >= 15 is 0 Å². The van der Waals surface area contributed by atoms with Gasteiger partial charge in [-0.05, 0) is 32.8 Å². The molecule has 1 saturated carbocycles. The number of fused-ring (bicyclic) bond motifs is 1. The number of hydrogen-bond donors (Lipinski definition) is 1. The predicted octanol–water partition coefficient (Wildman–Crippen LogP) is 4.47. The Kier molecular flexibility index (Phi) is 5.32. The van der Waals surface area contributed by atoms with Gasteiger partial charge < -0.3 is 14.6 Å². The molecule has 0 aliphatic heterocycles. The first kappa shape index (κ1) is 21.1. The third kappa shape index (κ3) is 3.94. The van der Waals surface area contributed by atoms with Gasteiger partial charge in [-0.3, -0.25) is 4.79 Å². The van der Waals surface area contributed by atoms with Gasteiger partial charge in [0.2, 0.25) is 0 Å². The van der Waals surface area contributed by atoms with E-state index in [4.69, 9.17) is 0 Å². The Morgan fingerprint density at radius 3 is 2.68 bits per heavy atom. The molecule has 4 rings (SSSR count). The van der Waals surface area contributed by atoms with E-state index in [9.17, 15) is 22.4 Å². The summed E-state index contributed by atoms with van der Waals surface area (Å²) in [6.07, 6.45) is 2.64. The van der Waals surface area contributed by atoms with Gasteiger partial charge in [0, 0.05) is 17.8 Å². The molecular weight excluding hydrogens is 416 g/mol. The van der Waals surface area contributed by atoms with E-state index in [1.807, 2.05) is 0 Å². The van der Waals surface area contributed by atoms with Crippen molar-refractivity contribution in [3.05, 3.63) is 58.0 Å². The Hall–Kier alpha value is -3.17. The highest BCUT2D eigenvalue weighted by Gasteiger charge is 2.45. The lowest BCUT2D eigenvalue weighted by atomic mass is 10.1. The van der Waals surface area contributed by atoms with Crippen molar-refractivity contribution < 1.29 is 22.3 Å². The van der Waals surface area contributed by atoms with E-state index in [1.165, 1.54) is 29.0 Å². The molecule has 1 aromatic carbocycles. The Morgan fingerprint density at radius 1 is 1.29 bits per heavy atom. The van der Waals surface area contributed by atoms with Crippen LogP contribution >= 0.6 is 0 Å². The molecule has 2 aromatic heterocycles. The first-order valence-corrected chi connectivity index (χ1v) is 9.71. The maximum atomic E-state index is 14.7. The van der Waals surface area contributed by atoms with Gasteiger partial charge in [0.05, 0.1) is 22.5 Å². The molecule has 31 heavy (non-hydrogen) atoms. The molecule has 0 unspecified atom stereocenters. The molecular formula is C21H20F4N4O2. The zero-order chi connectivity index (χ0) is 22.3. The fourth-order valence-electron chi connectivity index (χ4n) is 3.62. The molecule has 0 radical (unpaired) electrons. The second kappa shape index (κ2) is 7.82. The minimum atomic E-state index is -3.15. The number of rotatable bonds is 7. The topological polar surface area (TPSA) is 69.0 Å². The first-order chi connectivity index (χ1) is 14.7. The molecule has 0 bridgehead atoms. The van der Waals surface area contributed by atoms with Crippen molar-refractivity contribution in [3.8, 4) is 5.75 Å². The number of ether oxygens (including phenoxy) is 1. The number of alkyl halides is 3. The fraction of sp³-hybridized carbons (Fsp3) is 0.381. The SMILES string of the molecule is Cc1nc(N[C@H](C)c2cccc(OC(F)F)c2F)c2cn(C3(CF)CC3)c(=O)cc2n1. The standard InChI is InChI=1S/C21H20F4N4O2/c1-11(13-4-3-5-16(18(13)23)31-20(24)25)26-19-14-9-29(21(10-22)6-7-21)17(30)8-15(14)27-12(2)28-19/h3-5,8-9,11,20H,6-7,10H2,1-2H3,(H,26,27,28)/t11-/m1/s1. The molecule has 6 nitrogen and oxygen atoms in total. The number of aromatic nitrogens is 3. The van der Waals surface area contributed by atoms with Crippen LogP contribution in [0, 0.1) is 12.7 Å². The van der Waals surface area contributed by atoms with Crippen LogP contribution in [0.3, 0.4) is 0 Å². The van der Waals surface area contributed by atoms with Crippen LogP contribution in [0.2, 0.25) is 0 Å². The third-order valence-electron chi connectivity index (χ3n) is 5.46. The van der Waals surface area contributed by atoms with Crippen molar-refractivity contribution in [1.29, 1.82) is 0 Å². The van der Waals surface area contributed by atoms with Crippen molar-refractivity contribution in [1.82, 2.24) is 14.5 Å². The first-order valence-electron chi connectivity index (χ1n) is 9.71. The summed E-state index contributed by atoms with van der Waals surface area (Å²) >= 11 is 0. The Bertz CT molecular complexity index is 1190. The molecule has 0 spiro atoms. The van der Waals surface area contributed by atoms with Gasteiger partial charge >= 0.3 is 6.61 Å². The van der Waals surface area contributed by atoms with Gasteiger partial charge in [0.1, 0.15) is 18.3 Å². The molecule has 0 saturated heterocycles. The van der Waals surface area contributed by atoms with Gasteiger partial charge in [-0.15, -0.1) is 0 Å². The monoisotopic (exact) mass is 436 g/mol. The summed E-state index contributed by atoms with van der Waals surface area (Å²) in [7, 11) is 0. The summed E-state index contributed by atoms with van der Waals surface area (Å²) in [5.41, 5.74) is -0.735. The largest absolute Gasteiger partial charge is 0.432 e. The molecule has 1 N–H and O–H groups in total. The second-order valence-electron chi connectivity index (χ2n) is 7.66. The average molecular weight is 436 g/mol. The Balaban J connectivity index is 1.75. The maximum Gasteiger partial charge on any atom is 0.387 e. The van der Waals surface area contributed by atoms with Crippen LogP contribution in [-0.2, 0) is 5.54 Å². The van der Waals surface area contributed by atoms with E-state index in [0.29, 0.717) is 35.4 Å². The molecule has 0 amide bonds. The highest BCUT2D eigenvalue weighted by Crippen LogP contribution is 2.43. The minimum absolute atomic E-state index is 0.0957. The van der Waals surface area contributed by atoms with Crippen molar-refractivity contribution in [2.45, 2.75) is 44.9 Å². The molecule has 1 atom stereocenters. The van der Waals surface area contributed by atoms with Crippen LogP contribution in [0.15, 0.2) is 35.3 Å². The Morgan fingerprint density at radius 2 is 2.03 bits per heavy atom. The van der Waals surface area contributed by atoms with Crippen LogP contribution in [0.5, 0.6) is 5.75 Å². The number of halogens is 4. The molecule has 1 aliphatic carbocycles. The van der Waals surface area contributed by atoms with Crippen molar-refractivity contribution in [2.75, 3.05) is 12.0 Å². The van der Waals surface area contributed by atoms with Crippen molar-refractivity contribution in [2.24, 2.45) is 0 Å². The minimum Gasteiger partial charge on any atom is -0.432 e. The van der Waals surface area contributed by atoms with Crippen LogP contribution in [0.4, 0.5) is 23.4 Å². The zero-order valence-electron chi connectivity index (χ0n) is 16.8.